The van der Waals surface area contributed by atoms with Crippen LogP contribution in [0.5, 0.6) is 0 Å². The zero-order valence-corrected chi connectivity index (χ0v) is 14.5. The van der Waals surface area contributed by atoms with Crippen molar-refractivity contribution in [3.8, 4) is 0 Å². The lowest BCUT2D eigenvalue weighted by Crippen LogP contribution is -2.48. The number of nitrogens with one attached hydrogen (secondary N) is 3. The molecular weight excluding hydrogens is 332 g/mol. The Hall–Kier alpha value is -2.38. The van der Waals surface area contributed by atoms with Crippen LogP contribution in [0.25, 0.3) is 11.0 Å². The van der Waals surface area contributed by atoms with Crippen molar-refractivity contribution in [2.45, 2.75) is 37.4 Å². The molecular formula is C19H22N4O3. The van der Waals surface area contributed by atoms with Gasteiger partial charge in [-0.05, 0) is 37.5 Å². The number of furan rings is 1. The van der Waals surface area contributed by atoms with E-state index in [1.54, 1.807) is 23.3 Å². The van der Waals surface area contributed by atoms with E-state index in [1.165, 1.54) is 6.42 Å². The molecule has 0 saturated carbocycles. The van der Waals surface area contributed by atoms with E-state index < -0.39 is 0 Å². The predicted octanol–water partition coefficient (Wildman–Crippen LogP) is 0.992. The van der Waals surface area contributed by atoms with Crippen LogP contribution in [0, 0.1) is 0 Å². The van der Waals surface area contributed by atoms with E-state index in [0.717, 1.165) is 30.5 Å². The van der Waals surface area contributed by atoms with Gasteiger partial charge in [0.25, 0.3) is 5.91 Å². The van der Waals surface area contributed by atoms with Crippen LogP contribution in [0.1, 0.15) is 29.6 Å². The van der Waals surface area contributed by atoms with Crippen LogP contribution in [0.3, 0.4) is 0 Å². The second-order valence-electron chi connectivity index (χ2n) is 7.42. The van der Waals surface area contributed by atoms with Crippen LogP contribution in [0.15, 0.2) is 28.9 Å². The van der Waals surface area contributed by atoms with E-state index in [1.807, 2.05) is 6.07 Å². The number of anilines is 1. The van der Waals surface area contributed by atoms with Gasteiger partial charge >= 0.3 is 0 Å². The number of piperazine rings is 1. The molecule has 3 aliphatic rings. The monoisotopic (exact) mass is 354 g/mol. The minimum absolute atomic E-state index is 0.0156. The molecule has 3 fully saturated rings. The molecule has 0 radical (unpaired) electrons. The van der Waals surface area contributed by atoms with Gasteiger partial charge in [0.05, 0.1) is 12.2 Å². The van der Waals surface area contributed by atoms with E-state index >= 15 is 0 Å². The quantitative estimate of drug-likeness (QED) is 0.765. The molecule has 26 heavy (non-hydrogen) atoms. The van der Waals surface area contributed by atoms with Gasteiger partial charge in [0.2, 0.25) is 5.91 Å². The van der Waals surface area contributed by atoms with Gasteiger partial charge in [-0.25, -0.2) is 0 Å². The van der Waals surface area contributed by atoms with Gasteiger partial charge in [-0.1, -0.05) is 0 Å². The molecule has 3 N–H and O–H groups in total. The highest BCUT2D eigenvalue weighted by Crippen LogP contribution is 2.31. The molecule has 0 unspecified atom stereocenters. The Kier molecular flexibility index (Phi) is 3.72. The van der Waals surface area contributed by atoms with E-state index in [9.17, 15) is 9.59 Å². The van der Waals surface area contributed by atoms with Crippen LogP contribution in [-0.4, -0.2) is 49.6 Å². The standard InChI is InChI=1S/C19H22N4O3/c24-18-9-20-5-6-23(18)16-10-26-17-4-1-11(7-13(16)17)19(25)22-15-8-12-2-3-14(15)21-12/h1,4,7,10,12,14-15,20-21H,2-3,5-6,8-9H2,(H,22,25)/t12-,14+,15-/m1/s1. The van der Waals surface area contributed by atoms with Crippen LogP contribution >= 0.6 is 0 Å². The molecule has 0 aliphatic carbocycles. The smallest absolute Gasteiger partial charge is 0.251 e. The number of rotatable bonds is 3. The van der Waals surface area contributed by atoms with Crippen LogP contribution in [0.2, 0.25) is 0 Å². The van der Waals surface area contributed by atoms with Gasteiger partial charge in [0.15, 0.2) is 0 Å². The van der Waals surface area contributed by atoms with Crippen molar-refractivity contribution < 1.29 is 14.0 Å². The van der Waals surface area contributed by atoms with Crippen molar-refractivity contribution in [3.63, 3.8) is 0 Å². The SMILES string of the molecule is O=C(N[C@@H]1C[C@H]2CC[C@@H]1N2)c1ccc2occ(N3CCNCC3=O)c2c1. The van der Waals surface area contributed by atoms with Gasteiger partial charge in [-0.15, -0.1) is 0 Å². The molecule has 0 spiro atoms. The lowest BCUT2D eigenvalue weighted by Gasteiger charge is -2.26. The number of benzene rings is 1. The lowest BCUT2D eigenvalue weighted by molar-refractivity contribution is -0.118. The summed E-state index contributed by atoms with van der Waals surface area (Å²) in [6.07, 6.45) is 4.95. The molecule has 2 aromatic rings. The fraction of sp³-hybridized carbons (Fsp3) is 0.474. The van der Waals surface area contributed by atoms with Crippen molar-refractivity contribution in [2.75, 3.05) is 24.5 Å². The second-order valence-corrected chi connectivity index (χ2v) is 7.42. The fourth-order valence-corrected chi connectivity index (χ4v) is 4.46. The highest BCUT2D eigenvalue weighted by Gasteiger charge is 2.39. The highest BCUT2D eigenvalue weighted by atomic mass is 16.3. The normalized spacial score (nSPS) is 28.1. The number of nitrogens with zero attached hydrogens (tertiary/aromatic N) is 1. The molecule has 2 bridgehead atoms. The summed E-state index contributed by atoms with van der Waals surface area (Å²) >= 11 is 0. The highest BCUT2D eigenvalue weighted by molar-refractivity contribution is 6.06. The number of hydrogen-bond acceptors (Lipinski definition) is 5. The van der Waals surface area contributed by atoms with Crippen LogP contribution in [0.4, 0.5) is 5.69 Å². The maximum Gasteiger partial charge on any atom is 0.251 e. The first-order valence-electron chi connectivity index (χ1n) is 9.28. The maximum atomic E-state index is 12.7. The van der Waals surface area contributed by atoms with Crippen LogP contribution in [-0.2, 0) is 4.79 Å². The first kappa shape index (κ1) is 15.8. The molecule has 3 aliphatic heterocycles. The maximum absolute atomic E-state index is 12.7. The minimum Gasteiger partial charge on any atom is -0.462 e. The van der Waals surface area contributed by atoms with Crippen molar-refractivity contribution in [3.05, 3.63) is 30.0 Å². The number of carbonyl (C=O) groups excluding carboxylic acids is 2. The Morgan fingerprint density at radius 2 is 2.23 bits per heavy atom. The molecule has 7 heteroatoms. The summed E-state index contributed by atoms with van der Waals surface area (Å²) in [6.45, 7) is 1.67. The third-order valence-electron chi connectivity index (χ3n) is 5.81. The Morgan fingerprint density at radius 3 is 3.00 bits per heavy atom. The minimum atomic E-state index is -0.0648. The molecule has 136 valence electrons. The number of hydrogen-bond donors (Lipinski definition) is 3. The molecule has 1 aromatic carbocycles. The van der Waals surface area contributed by atoms with Crippen molar-refractivity contribution in [1.82, 2.24) is 16.0 Å². The molecule has 4 heterocycles. The first-order chi connectivity index (χ1) is 12.7. The molecule has 3 saturated heterocycles. The third-order valence-corrected chi connectivity index (χ3v) is 5.81. The topological polar surface area (TPSA) is 86.6 Å². The molecule has 7 nitrogen and oxygen atoms in total. The van der Waals surface area contributed by atoms with Crippen molar-refractivity contribution >= 4 is 28.5 Å². The largest absolute Gasteiger partial charge is 0.462 e. The summed E-state index contributed by atoms with van der Waals surface area (Å²) < 4.78 is 5.60. The molecule has 2 amide bonds. The Morgan fingerprint density at radius 1 is 1.31 bits per heavy atom. The van der Waals surface area contributed by atoms with E-state index in [0.29, 0.717) is 36.3 Å². The average molecular weight is 354 g/mol. The van der Waals surface area contributed by atoms with Gasteiger partial charge in [0, 0.05) is 42.2 Å². The van der Waals surface area contributed by atoms with Gasteiger partial charge in [-0.3, -0.25) is 9.59 Å². The third kappa shape index (κ3) is 2.59. The van der Waals surface area contributed by atoms with E-state index in [4.69, 9.17) is 4.42 Å². The lowest BCUT2D eigenvalue weighted by atomic mass is 9.95. The summed E-state index contributed by atoms with van der Waals surface area (Å²) in [7, 11) is 0. The zero-order valence-electron chi connectivity index (χ0n) is 14.5. The van der Waals surface area contributed by atoms with Gasteiger partial charge < -0.3 is 25.3 Å². The number of carbonyl (C=O) groups is 2. The first-order valence-corrected chi connectivity index (χ1v) is 9.28. The Bertz CT molecular complexity index is 877. The number of amides is 2. The fourth-order valence-electron chi connectivity index (χ4n) is 4.46. The summed E-state index contributed by atoms with van der Waals surface area (Å²) in [4.78, 5) is 26.7. The molecule has 5 rings (SSSR count). The molecule has 3 atom stereocenters. The summed E-state index contributed by atoms with van der Waals surface area (Å²) in [5, 5.41) is 10.6. The van der Waals surface area contributed by atoms with Gasteiger partial charge in [0.1, 0.15) is 11.8 Å². The zero-order chi connectivity index (χ0) is 17.7. The predicted molar refractivity (Wildman–Crippen MR) is 97.3 cm³/mol. The summed E-state index contributed by atoms with van der Waals surface area (Å²) in [6, 6.07) is 6.57. The van der Waals surface area contributed by atoms with E-state index in [-0.39, 0.29) is 17.9 Å². The summed E-state index contributed by atoms with van der Waals surface area (Å²) in [5.74, 6) is -0.0492. The Labute approximate surface area is 151 Å². The Balaban J connectivity index is 1.41. The van der Waals surface area contributed by atoms with Crippen LogP contribution < -0.4 is 20.9 Å². The average Bonchev–Trinajstić information content (AvgIpc) is 3.37. The van der Waals surface area contributed by atoms with Crippen molar-refractivity contribution in [2.24, 2.45) is 0 Å². The van der Waals surface area contributed by atoms with E-state index in [2.05, 4.69) is 16.0 Å². The molecule has 1 aromatic heterocycles. The van der Waals surface area contributed by atoms with Crippen molar-refractivity contribution in [1.29, 1.82) is 0 Å². The number of fused-ring (bicyclic) bond motifs is 3. The van der Waals surface area contributed by atoms with Gasteiger partial charge in [-0.2, -0.15) is 0 Å². The second kappa shape index (κ2) is 6.10. The summed E-state index contributed by atoms with van der Waals surface area (Å²) in [5.41, 5.74) is 2.03.